The Kier molecular flexibility index (Phi) is 4.58. The summed E-state index contributed by atoms with van der Waals surface area (Å²) >= 11 is 0. The number of rotatable bonds is 6. The van der Waals surface area contributed by atoms with Crippen molar-refractivity contribution in [3.8, 4) is 0 Å². The van der Waals surface area contributed by atoms with Gasteiger partial charge in [0.1, 0.15) is 5.82 Å². The molecule has 0 radical (unpaired) electrons. The highest BCUT2D eigenvalue weighted by Gasteiger charge is 2.33. The van der Waals surface area contributed by atoms with Crippen LogP contribution in [0.3, 0.4) is 0 Å². The van der Waals surface area contributed by atoms with Crippen LogP contribution in [0.4, 0.5) is 4.39 Å². The normalized spacial score (nSPS) is 25.4. The monoisotopic (exact) mass is 265 g/mol. The molecule has 1 fully saturated rings. The maximum Gasteiger partial charge on any atom is 0.129 e. The van der Waals surface area contributed by atoms with E-state index in [1.165, 1.54) is 12.5 Å². The second kappa shape index (κ2) is 6.02. The summed E-state index contributed by atoms with van der Waals surface area (Å²) in [5, 5.41) is 10.3. The largest absolute Gasteiger partial charge is 0.388 e. The van der Waals surface area contributed by atoms with Crippen molar-refractivity contribution in [2.24, 2.45) is 17.8 Å². The van der Waals surface area contributed by atoms with E-state index in [9.17, 15) is 9.50 Å². The Labute approximate surface area is 115 Å². The van der Waals surface area contributed by atoms with Gasteiger partial charge in [0.05, 0.1) is 6.10 Å². The van der Waals surface area contributed by atoms with E-state index in [0.717, 1.165) is 24.9 Å². The summed E-state index contributed by atoms with van der Waals surface area (Å²) in [7, 11) is 2.08. The van der Waals surface area contributed by atoms with Gasteiger partial charge in [-0.1, -0.05) is 32.0 Å². The molecule has 0 saturated heterocycles. The number of hydrogen-bond donors (Lipinski definition) is 1. The molecule has 1 aliphatic rings. The summed E-state index contributed by atoms with van der Waals surface area (Å²) in [6.07, 6.45) is 0.578. The first-order valence-corrected chi connectivity index (χ1v) is 7.10. The van der Waals surface area contributed by atoms with Crippen molar-refractivity contribution in [1.82, 2.24) is 4.90 Å². The van der Waals surface area contributed by atoms with Crippen LogP contribution in [-0.4, -0.2) is 30.1 Å². The molecule has 19 heavy (non-hydrogen) atoms. The molecule has 0 heterocycles. The Hall–Kier alpha value is -0.930. The van der Waals surface area contributed by atoms with Crippen molar-refractivity contribution in [2.75, 3.05) is 20.1 Å². The smallest absolute Gasteiger partial charge is 0.129 e. The molecule has 1 aromatic rings. The lowest BCUT2D eigenvalue weighted by molar-refractivity contribution is 0.0904. The third-order valence-corrected chi connectivity index (χ3v) is 4.18. The molecule has 4 atom stereocenters. The predicted octanol–water partition coefficient (Wildman–Crippen LogP) is 3.08. The Bertz CT molecular complexity index is 423. The highest BCUT2D eigenvalue weighted by atomic mass is 19.1. The summed E-state index contributed by atoms with van der Waals surface area (Å²) in [5.41, 5.74) is 0.406. The first-order chi connectivity index (χ1) is 8.99. The number of benzene rings is 1. The highest BCUT2D eigenvalue weighted by Crippen LogP contribution is 2.38. The summed E-state index contributed by atoms with van der Waals surface area (Å²) in [6.45, 7) is 6.12. The molecule has 1 N–H and O–H groups in total. The fraction of sp³-hybridized carbons (Fsp3) is 0.625. The van der Waals surface area contributed by atoms with E-state index < -0.39 is 6.10 Å². The third-order valence-electron chi connectivity index (χ3n) is 4.18. The Balaban J connectivity index is 1.88. The quantitative estimate of drug-likeness (QED) is 0.854. The van der Waals surface area contributed by atoms with Crippen LogP contribution in [0.15, 0.2) is 24.3 Å². The molecule has 2 nitrogen and oxygen atoms in total. The van der Waals surface area contributed by atoms with E-state index in [4.69, 9.17) is 0 Å². The molecule has 106 valence electrons. The molecule has 1 aromatic carbocycles. The zero-order valence-corrected chi connectivity index (χ0v) is 12.0. The van der Waals surface area contributed by atoms with Gasteiger partial charge >= 0.3 is 0 Å². The standard InChI is InChI=1S/C16H24FNO/c1-11-8-13(11)10-18(3)9-12(2)16(19)14-6-4-5-7-15(14)17/h4-7,11-13,16,19H,8-10H2,1-3H3. The van der Waals surface area contributed by atoms with Gasteiger partial charge in [0.15, 0.2) is 0 Å². The molecule has 1 aliphatic carbocycles. The Morgan fingerprint density at radius 2 is 2.05 bits per heavy atom. The highest BCUT2D eigenvalue weighted by molar-refractivity contribution is 5.20. The molecular formula is C16H24FNO. The van der Waals surface area contributed by atoms with Crippen molar-refractivity contribution >= 4 is 0 Å². The average Bonchev–Trinajstić information content (AvgIpc) is 3.04. The second-order valence-corrected chi connectivity index (χ2v) is 6.14. The van der Waals surface area contributed by atoms with Gasteiger partial charge in [0.2, 0.25) is 0 Å². The van der Waals surface area contributed by atoms with Crippen LogP contribution < -0.4 is 0 Å². The minimum atomic E-state index is -0.736. The van der Waals surface area contributed by atoms with Crippen LogP contribution in [0, 0.1) is 23.6 Å². The average molecular weight is 265 g/mol. The van der Waals surface area contributed by atoms with Crippen LogP contribution in [0.5, 0.6) is 0 Å². The summed E-state index contributed by atoms with van der Waals surface area (Å²) in [5.74, 6) is 1.35. The van der Waals surface area contributed by atoms with Crippen LogP contribution in [0.1, 0.15) is 31.9 Å². The lowest BCUT2D eigenvalue weighted by Crippen LogP contribution is -2.29. The van der Waals surface area contributed by atoms with E-state index in [1.54, 1.807) is 18.2 Å². The van der Waals surface area contributed by atoms with E-state index in [2.05, 4.69) is 18.9 Å². The minimum Gasteiger partial charge on any atom is -0.388 e. The Morgan fingerprint density at radius 1 is 1.42 bits per heavy atom. The Morgan fingerprint density at radius 3 is 2.63 bits per heavy atom. The van der Waals surface area contributed by atoms with Gasteiger partial charge in [-0.3, -0.25) is 0 Å². The number of hydrogen-bond acceptors (Lipinski definition) is 2. The topological polar surface area (TPSA) is 23.5 Å². The third kappa shape index (κ3) is 3.77. The summed E-state index contributed by atoms with van der Waals surface area (Å²) in [4.78, 5) is 2.25. The van der Waals surface area contributed by atoms with Crippen LogP contribution in [0.2, 0.25) is 0 Å². The van der Waals surface area contributed by atoms with Gasteiger partial charge in [-0.2, -0.15) is 0 Å². The van der Waals surface area contributed by atoms with Crippen molar-refractivity contribution in [3.63, 3.8) is 0 Å². The van der Waals surface area contributed by atoms with Gasteiger partial charge in [-0.15, -0.1) is 0 Å². The lowest BCUT2D eigenvalue weighted by atomic mass is 9.96. The van der Waals surface area contributed by atoms with E-state index in [0.29, 0.717) is 5.56 Å². The maximum absolute atomic E-state index is 13.6. The molecule has 3 heteroatoms. The summed E-state index contributed by atoms with van der Waals surface area (Å²) in [6, 6.07) is 6.49. The van der Waals surface area contributed by atoms with Crippen molar-refractivity contribution < 1.29 is 9.50 Å². The first kappa shape index (κ1) is 14.5. The van der Waals surface area contributed by atoms with E-state index in [-0.39, 0.29) is 11.7 Å². The first-order valence-electron chi connectivity index (χ1n) is 7.10. The molecule has 0 aliphatic heterocycles. The number of aliphatic hydroxyl groups excluding tert-OH is 1. The predicted molar refractivity (Wildman–Crippen MR) is 75.3 cm³/mol. The number of halogens is 1. The van der Waals surface area contributed by atoms with E-state index in [1.807, 2.05) is 6.92 Å². The minimum absolute atomic E-state index is 0.0240. The van der Waals surface area contributed by atoms with Crippen LogP contribution in [0.25, 0.3) is 0 Å². The fourth-order valence-electron chi connectivity index (χ4n) is 2.74. The molecule has 2 rings (SSSR count). The SMILES string of the molecule is CC1CC1CN(C)CC(C)C(O)c1ccccc1F. The van der Waals surface area contributed by atoms with Gasteiger partial charge in [0.25, 0.3) is 0 Å². The van der Waals surface area contributed by atoms with Crippen molar-refractivity contribution in [3.05, 3.63) is 35.6 Å². The molecule has 0 spiro atoms. The number of aliphatic hydroxyl groups is 1. The van der Waals surface area contributed by atoms with Gasteiger partial charge in [0, 0.05) is 18.7 Å². The zero-order chi connectivity index (χ0) is 14.0. The molecule has 0 bridgehead atoms. The molecule has 1 saturated carbocycles. The fourth-order valence-corrected chi connectivity index (χ4v) is 2.74. The van der Waals surface area contributed by atoms with Crippen LogP contribution in [-0.2, 0) is 0 Å². The second-order valence-electron chi connectivity index (χ2n) is 6.14. The van der Waals surface area contributed by atoms with Gasteiger partial charge < -0.3 is 10.0 Å². The number of nitrogens with zero attached hydrogens (tertiary/aromatic N) is 1. The van der Waals surface area contributed by atoms with E-state index >= 15 is 0 Å². The zero-order valence-electron chi connectivity index (χ0n) is 12.0. The molecule has 0 aromatic heterocycles. The molecule has 4 unspecified atom stereocenters. The van der Waals surface area contributed by atoms with Gasteiger partial charge in [-0.05, 0) is 37.3 Å². The molecular weight excluding hydrogens is 241 g/mol. The van der Waals surface area contributed by atoms with Gasteiger partial charge in [-0.25, -0.2) is 4.39 Å². The van der Waals surface area contributed by atoms with Crippen LogP contribution >= 0.6 is 0 Å². The van der Waals surface area contributed by atoms with Crippen molar-refractivity contribution in [2.45, 2.75) is 26.4 Å². The molecule has 0 amide bonds. The lowest BCUT2D eigenvalue weighted by Gasteiger charge is -2.25. The maximum atomic E-state index is 13.6. The van der Waals surface area contributed by atoms with Crippen molar-refractivity contribution in [1.29, 1.82) is 0 Å². The summed E-state index contributed by atoms with van der Waals surface area (Å²) < 4.78 is 13.6.